The number of nitrogens with zero attached hydrogens (tertiary/aromatic N) is 1. The third kappa shape index (κ3) is 4.17. The Morgan fingerprint density at radius 3 is 2.42 bits per heavy atom. The molecule has 0 radical (unpaired) electrons. The summed E-state index contributed by atoms with van der Waals surface area (Å²) in [6, 6.07) is 5.98. The van der Waals surface area contributed by atoms with E-state index in [0.717, 1.165) is 25.1 Å². The van der Waals surface area contributed by atoms with E-state index in [0.29, 0.717) is 0 Å². The van der Waals surface area contributed by atoms with E-state index < -0.39 is 0 Å². The average Bonchev–Trinajstić information content (AvgIpc) is 2.41. The molecule has 1 atom stereocenters. The Labute approximate surface area is 117 Å². The number of benzene rings is 1. The van der Waals surface area contributed by atoms with Crippen LogP contribution in [0.3, 0.4) is 0 Å². The second kappa shape index (κ2) is 7.44. The zero-order chi connectivity index (χ0) is 14.4. The van der Waals surface area contributed by atoms with Crippen LogP contribution in [0.2, 0.25) is 0 Å². The van der Waals surface area contributed by atoms with Crippen molar-refractivity contribution in [1.29, 1.82) is 0 Å². The van der Waals surface area contributed by atoms with Crippen LogP contribution in [0, 0.1) is 13.8 Å². The monoisotopic (exact) mass is 261 g/mol. The average molecular weight is 261 g/mol. The third-order valence-corrected chi connectivity index (χ3v) is 3.92. The molecular formula is C17H27NO. The van der Waals surface area contributed by atoms with E-state index in [4.69, 9.17) is 0 Å². The van der Waals surface area contributed by atoms with E-state index >= 15 is 0 Å². The lowest BCUT2D eigenvalue weighted by atomic mass is 9.99. The van der Waals surface area contributed by atoms with Crippen LogP contribution in [0.25, 0.3) is 0 Å². The molecule has 2 heteroatoms. The van der Waals surface area contributed by atoms with Gasteiger partial charge in [-0.3, -0.25) is 9.69 Å². The molecule has 1 aromatic carbocycles. The summed E-state index contributed by atoms with van der Waals surface area (Å²) in [6.45, 7) is 12.4. The Hall–Kier alpha value is -1.15. The van der Waals surface area contributed by atoms with Crippen LogP contribution in [0.15, 0.2) is 18.2 Å². The molecule has 0 aliphatic rings. The third-order valence-electron chi connectivity index (χ3n) is 3.92. The summed E-state index contributed by atoms with van der Waals surface area (Å²) in [5, 5.41) is 0. The van der Waals surface area contributed by atoms with Crippen molar-refractivity contribution in [2.75, 3.05) is 13.1 Å². The molecule has 0 saturated carbocycles. The summed E-state index contributed by atoms with van der Waals surface area (Å²) < 4.78 is 0. The Kier molecular flexibility index (Phi) is 6.23. The van der Waals surface area contributed by atoms with Gasteiger partial charge in [-0.1, -0.05) is 32.4 Å². The summed E-state index contributed by atoms with van der Waals surface area (Å²) in [5.41, 5.74) is 3.27. The first-order chi connectivity index (χ1) is 9.01. The van der Waals surface area contributed by atoms with E-state index in [9.17, 15) is 4.79 Å². The molecule has 19 heavy (non-hydrogen) atoms. The molecule has 0 aromatic heterocycles. The maximum absolute atomic E-state index is 12.5. The minimum Gasteiger partial charge on any atom is -0.294 e. The van der Waals surface area contributed by atoms with Crippen molar-refractivity contribution in [3.63, 3.8) is 0 Å². The SMILES string of the molecule is CCCCN(CC)C(C)C(=O)c1ccc(C)c(C)c1. The van der Waals surface area contributed by atoms with Crippen molar-refractivity contribution < 1.29 is 4.79 Å². The quantitative estimate of drug-likeness (QED) is 0.692. The Morgan fingerprint density at radius 2 is 1.89 bits per heavy atom. The van der Waals surface area contributed by atoms with Crippen LogP contribution in [-0.2, 0) is 0 Å². The summed E-state index contributed by atoms with van der Waals surface area (Å²) in [7, 11) is 0. The highest BCUT2D eigenvalue weighted by atomic mass is 16.1. The van der Waals surface area contributed by atoms with Crippen molar-refractivity contribution in [2.24, 2.45) is 0 Å². The summed E-state index contributed by atoms with van der Waals surface area (Å²) in [4.78, 5) is 14.8. The molecule has 0 saturated heterocycles. The van der Waals surface area contributed by atoms with Gasteiger partial charge in [-0.2, -0.15) is 0 Å². The molecule has 1 aromatic rings. The Bertz CT molecular complexity index is 425. The molecule has 0 aliphatic carbocycles. The largest absolute Gasteiger partial charge is 0.294 e. The summed E-state index contributed by atoms with van der Waals surface area (Å²) in [6.07, 6.45) is 2.32. The zero-order valence-electron chi connectivity index (χ0n) is 13.0. The van der Waals surface area contributed by atoms with Crippen molar-refractivity contribution in [3.05, 3.63) is 34.9 Å². The fraction of sp³-hybridized carbons (Fsp3) is 0.588. The number of carbonyl (C=O) groups is 1. The van der Waals surface area contributed by atoms with E-state index in [1.807, 2.05) is 25.1 Å². The normalized spacial score (nSPS) is 12.7. The van der Waals surface area contributed by atoms with Crippen LogP contribution >= 0.6 is 0 Å². The van der Waals surface area contributed by atoms with E-state index in [2.05, 4.69) is 32.6 Å². The first kappa shape index (κ1) is 15.9. The number of aryl methyl sites for hydroxylation is 2. The molecule has 1 unspecified atom stereocenters. The van der Waals surface area contributed by atoms with Crippen molar-refractivity contribution in [3.8, 4) is 0 Å². The lowest BCUT2D eigenvalue weighted by Gasteiger charge is -2.26. The van der Waals surface area contributed by atoms with Gasteiger partial charge in [0.1, 0.15) is 0 Å². The van der Waals surface area contributed by atoms with Crippen LogP contribution in [0.5, 0.6) is 0 Å². The molecule has 0 heterocycles. The van der Waals surface area contributed by atoms with Crippen LogP contribution in [0.4, 0.5) is 0 Å². The maximum Gasteiger partial charge on any atom is 0.179 e. The number of likely N-dealkylation sites (N-methyl/N-ethyl adjacent to an activating group) is 1. The lowest BCUT2D eigenvalue weighted by molar-refractivity contribution is 0.0843. The second-order valence-corrected chi connectivity index (χ2v) is 5.32. The molecule has 0 N–H and O–H groups in total. The number of hydrogen-bond acceptors (Lipinski definition) is 2. The van der Waals surface area contributed by atoms with Crippen LogP contribution < -0.4 is 0 Å². The molecule has 0 aliphatic heterocycles. The Balaban J connectivity index is 2.82. The molecule has 0 bridgehead atoms. The smallest absolute Gasteiger partial charge is 0.179 e. The van der Waals surface area contributed by atoms with Gasteiger partial charge >= 0.3 is 0 Å². The van der Waals surface area contributed by atoms with Gasteiger partial charge in [0, 0.05) is 5.56 Å². The number of Topliss-reactive ketones (excluding diaryl/α,β-unsaturated/α-hetero) is 1. The molecule has 0 fully saturated rings. The number of rotatable bonds is 7. The van der Waals surface area contributed by atoms with E-state index in [1.54, 1.807) is 0 Å². The number of ketones is 1. The molecule has 2 nitrogen and oxygen atoms in total. The highest BCUT2D eigenvalue weighted by Gasteiger charge is 2.21. The molecular weight excluding hydrogens is 234 g/mol. The number of hydrogen-bond donors (Lipinski definition) is 0. The first-order valence-electron chi connectivity index (χ1n) is 7.36. The van der Waals surface area contributed by atoms with E-state index in [1.165, 1.54) is 17.5 Å². The lowest BCUT2D eigenvalue weighted by Crippen LogP contribution is -2.39. The highest BCUT2D eigenvalue weighted by Crippen LogP contribution is 2.14. The topological polar surface area (TPSA) is 20.3 Å². The van der Waals surface area contributed by atoms with Gasteiger partial charge in [0.05, 0.1) is 6.04 Å². The van der Waals surface area contributed by atoms with Crippen molar-refractivity contribution in [1.82, 2.24) is 4.90 Å². The van der Waals surface area contributed by atoms with Gasteiger partial charge in [0.25, 0.3) is 0 Å². The van der Waals surface area contributed by atoms with Gasteiger partial charge in [-0.15, -0.1) is 0 Å². The van der Waals surface area contributed by atoms with Gasteiger partial charge in [-0.25, -0.2) is 0 Å². The summed E-state index contributed by atoms with van der Waals surface area (Å²) in [5.74, 6) is 0.237. The highest BCUT2D eigenvalue weighted by molar-refractivity contribution is 6.00. The minimum absolute atomic E-state index is 0.0290. The standard InChI is InChI=1S/C17H27NO/c1-6-8-11-18(7-2)15(5)17(19)16-10-9-13(3)14(4)12-16/h9-10,12,15H,6-8,11H2,1-5H3. The fourth-order valence-corrected chi connectivity index (χ4v) is 2.29. The number of carbonyl (C=O) groups excluding carboxylic acids is 1. The van der Waals surface area contributed by atoms with Crippen LogP contribution in [-0.4, -0.2) is 29.8 Å². The van der Waals surface area contributed by atoms with Gasteiger partial charge < -0.3 is 0 Å². The maximum atomic E-state index is 12.5. The Morgan fingerprint density at radius 1 is 1.21 bits per heavy atom. The predicted octanol–water partition coefficient (Wildman–Crippen LogP) is 4.00. The minimum atomic E-state index is -0.0290. The van der Waals surface area contributed by atoms with E-state index in [-0.39, 0.29) is 11.8 Å². The number of unbranched alkanes of at least 4 members (excludes halogenated alkanes) is 1. The van der Waals surface area contributed by atoms with Crippen LogP contribution in [0.1, 0.15) is 55.1 Å². The molecule has 106 valence electrons. The molecule has 0 spiro atoms. The van der Waals surface area contributed by atoms with Gasteiger partial charge in [0.15, 0.2) is 5.78 Å². The van der Waals surface area contributed by atoms with Gasteiger partial charge in [-0.05, 0) is 57.5 Å². The summed E-state index contributed by atoms with van der Waals surface area (Å²) >= 11 is 0. The van der Waals surface area contributed by atoms with Crippen molar-refractivity contribution >= 4 is 5.78 Å². The second-order valence-electron chi connectivity index (χ2n) is 5.32. The predicted molar refractivity (Wildman–Crippen MR) is 81.9 cm³/mol. The van der Waals surface area contributed by atoms with Gasteiger partial charge in [0.2, 0.25) is 0 Å². The molecule has 0 amide bonds. The fourth-order valence-electron chi connectivity index (χ4n) is 2.29. The molecule has 1 rings (SSSR count). The zero-order valence-corrected chi connectivity index (χ0v) is 13.0. The van der Waals surface area contributed by atoms with Crippen molar-refractivity contribution in [2.45, 2.75) is 53.5 Å². The first-order valence-corrected chi connectivity index (χ1v) is 7.36.